The number of rotatable bonds is 3. The molecule has 3 rings (SSSR count). The second kappa shape index (κ2) is 5.38. The molecule has 0 aliphatic carbocycles. The fourth-order valence-electron chi connectivity index (χ4n) is 1.80. The Bertz CT molecular complexity index is 774. The molecule has 0 radical (unpaired) electrons. The van der Waals surface area contributed by atoms with Crippen LogP contribution in [-0.4, -0.2) is 19.6 Å². The third-order valence-corrected chi connectivity index (χ3v) is 4.01. The third-order valence-electron chi connectivity index (χ3n) is 2.87. The predicted octanol–water partition coefficient (Wildman–Crippen LogP) is 3.43. The summed E-state index contributed by atoms with van der Waals surface area (Å²) in [6.45, 7) is 2.24. The molecule has 0 spiro atoms. The topological polar surface area (TPSA) is 52.3 Å². The summed E-state index contributed by atoms with van der Waals surface area (Å²) in [5.41, 5.74) is 1.77. The maximum absolute atomic E-state index is 6.08. The molecule has 0 atom stereocenters. The Hall–Kier alpha value is -1.66. The first kappa shape index (κ1) is 13.3. The summed E-state index contributed by atoms with van der Waals surface area (Å²) in [4.78, 5) is 8.15. The van der Waals surface area contributed by atoms with Crippen molar-refractivity contribution in [2.75, 3.05) is 0 Å². The van der Waals surface area contributed by atoms with Crippen molar-refractivity contribution in [2.24, 2.45) is 0 Å². The second-order valence-corrected chi connectivity index (χ2v) is 5.40. The van der Waals surface area contributed by atoms with Crippen molar-refractivity contribution in [3.05, 3.63) is 51.3 Å². The molecule has 1 aromatic carbocycles. The van der Waals surface area contributed by atoms with Crippen molar-refractivity contribution in [1.82, 2.24) is 19.6 Å². The fraction of sp³-hybridized carbons (Fsp3) is 0.154. The Morgan fingerprint density at radius 3 is 2.95 bits per heavy atom. The van der Waals surface area contributed by atoms with Crippen LogP contribution in [0.5, 0.6) is 5.88 Å². The largest absolute Gasteiger partial charge is 0.472 e. The lowest BCUT2D eigenvalue weighted by molar-refractivity contribution is 0.282. The van der Waals surface area contributed by atoms with Crippen LogP contribution in [0, 0.1) is 6.92 Å². The number of hydrogen-bond acceptors (Lipinski definition) is 4. The van der Waals surface area contributed by atoms with E-state index in [2.05, 4.69) is 31.0 Å². The number of ether oxygens (including phenoxy) is 1. The summed E-state index contributed by atoms with van der Waals surface area (Å²) in [6.07, 6.45) is 1.42. The van der Waals surface area contributed by atoms with Crippen LogP contribution in [0.3, 0.4) is 0 Å². The molecule has 0 aliphatic rings. The minimum atomic E-state index is 0.368. The zero-order chi connectivity index (χ0) is 14.1. The Kier molecular flexibility index (Phi) is 3.58. The molecule has 0 N–H and O–H groups in total. The lowest BCUT2D eigenvalue weighted by Gasteiger charge is -2.11. The van der Waals surface area contributed by atoms with Gasteiger partial charge in [-0.25, -0.2) is 0 Å². The van der Waals surface area contributed by atoms with Crippen LogP contribution in [0.15, 0.2) is 35.1 Å². The van der Waals surface area contributed by atoms with Crippen LogP contribution >= 0.6 is 27.5 Å². The molecule has 2 heterocycles. The van der Waals surface area contributed by atoms with Gasteiger partial charge in [-0.1, -0.05) is 45.7 Å². The second-order valence-electron chi connectivity index (χ2n) is 4.18. The van der Waals surface area contributed by atoms with Gasteiger partial charge in [-0.2, -0.15) is 19.6 Å². The van der Waals surface area contributed by atoms with Crippen LogP contribution in [-0.2, 0) is 6.61 Å². The highest BCUT2D eigenvalue weighted by Gasteiger charge is 2.14. The van der Waals surface area contributed by atoms with Crippen LogP contribution in [0.1, 0.15) is 11.1 Å². The first-order chi connectivity index (χ1) is 9.66. The minimum absolute atomic E-state index is 0.368. The summed E-state index contributed by atoms with van der Waals surface area (Å²) in [6, 6.07) is 7.87. The van der Waals surface area contributed by atoms with E-state index in [1.807, 2.05) is 31.2 Å². The highest BCUT2D eigenvalue weighted by Crippen LogP contribution is 2.26. The Labute approximate surface area is 128 Å². The van der Waals surface area contributed by atoms with E-state index in [0.717, 1.165) is 15.6 Å². The zero-order valence-corrected chi connectivity index (χ0v) is 12.9. The average Bonchev–Trinajstić information content (AvgIpc) is 2.89. The molecule has 0 saturated heterocycles. The van der Waals surface area contributed by atoms with E-state index in [-0.39, 0.29) is 0 Å². The fourth-order valence-corrected chi connectivity index (χ4v) is 2.36. The van der Waals surface area contributed by atoms with E-state index >= 15 is 0 Å². The number of hydrogen-bond donors (Lipinski definition) is 0. The number of nitrogens with zero attached hydrogens (tertiary/aromatic N) is 4. The first-order valence-electron chi connectivity index (χ1n) is 5.89. The molecular formula is C13H10BrClN4O. The molecule has 20 heavy (non-hydrogen) atoms. The minimum Gasteiger partial charge on any atom is -0.472 e. The van der Waals surface area contributed by atoms with Gasteiger partial charge in [-0.3, -0.25) is 0 Å². The molecule has 3 aromatic rings. The summed E-state index contributed by atoms with van der Waals surface area (Å²) in [7, 11) is 0. The van der Waals surface area contributed by atoms with Crippen LogP contribution in [0.25, 0.3) is 5.78 Å². The predicted molar refractivity (Wildman–Crippen MR) is 79.0 cm³/mol. The zero-order valence-electron chi connectivity index (χ0n) is 10.5. The Morgan fingerprint density at radius 1 is 1.35 bits per heavy atom. The van der Waals surface area contributed by atoms with Gasteiger partial charge >= 0.3 is 0 Å². The van der Waals surface area contributed by atoms with E-state index in [1.165, 1.54) is 10.8 Å². The van der Waals surface area contributed by atoms with Gasteiger partial charge in [-0.15, -0.1) is 0 Å². The maximum Gasteiger partial charge on any atom is 0.256 e. The molecule has 0 unspecified atom stereocenters. The smallest absolute Gasteiger partial charge is 0.256 e. The van der Waals surface area contributed by atoms with Crippen molar-refractivity contribution in [2.45, 2.75) is 13.5 Å². The van der Waals surface area contributed by atoms with Gasteiger partial charge in [0.05, 0.1) is 0 Å². The summed E-state index contributed by atoms with van der Waals surface area (Å²) >= 11 is 9.57. The van der Waals surface area contributed by atoms with Crippen LogP contribution in [0.2, 0.25) is 5.15 Å². The van der Waals surface area contributed by atoms with E-state index < -0.39 is 0 Å². The molecule has 102 valence electrons. The van der Waals surface area contributed by atoms with Gasteiger partial charge in [0.15, 0.2) is 0 Å². The molecule has 2 aromatic heterocycles. The molecule has 0 aliphatic heterocycles. The molecular weight excluding hydrogens is 344 g/mol. The Morgan fingerprint density at radius 2 is 2.15 bits per heavy atom. The number of aromatic nitrogens is 4. The number of benzene rings is 1. The maximum atomic E-state index is 6.08. The van der Waals surface area contributed by atoms with Gasteiger partial charge in [0.25, 0.3) is 5.78 Å². The van der Waals surface area contributed by atoms with Crippen molar-refractivity contribution in [1.29, 1.82) is 0 Å². The summed E-state index contributed by atoms with van der Waals surface area (Å²) < 4.78 is 8.40. The molecule has 0 bridgehead atoms. The van der Waals surface area contributed by atoms with Gasteiger partial charge in [-0.05, 0) is 13.0 Å². The van der Waals surface area contributed by atoms with Crippen molar-refractivity contribution in [3.63, 3.8) is 0 Å². The SMILES string of the molecule is Cc1c(Cl)nc2ncnn2c1OCc1ccccc1Br. The lowest BCUT2D eigenvalue weighted by atomic mass is 10.2. The Balaban J connectivity index is 1.97. The normalized spacial score (nSPS) is 10.9. The highest BCUT2D eigenvalue weighted by molar-refractivity contribution is 9.10. The average molecular weight is 354 g/mol. The van der Waals surface area contributed by atoms with E-state index in [4.69, 9.17) is 16.3 Å². The summed E-state index contributed by atoms with van der Waals surface area (Å²) in [5.74, 6) is 0.969. The quantitative estimate of drug-likeness (QED) is 0.677. The standard InChI is InChI=1S/C13H10BrClN4O/c1-8-11(15)18-13-16-7-17-19(13)12(8)20-6-9-4-2-3-5-10(9)14/h2-5,7H,6H2,1H3. The van der Waals surface area contributed by atoms with Gasteiger partial charge in [0, 0.05) is 15.6 Å². The third kappa shape index (κ3) is 2.36. The lowest BCUT2D eigenvalue weighted by Crippen LogP contribution is -2.05. The first-order valence-corrected chi connectivity index (χ1v) is 7.06. The monoisotopic (exact) mass is 352 g/mol. The summed E-state index contributed by atoms with van der Waals surface area (Å²) in [5, 5.41) is 4.47. The van der Waals surface area contributed by atoms with Crippen LogP contribution in [0.4, 0.5) is 0 Å². The van der Waals surface area contributed by atoms with Crippen molar-refractivity contribution in [3.8, 4) is 5.88 Å². The van der Waals surface area contributed by atoms with Crippen LogP contribution < -0.4 is 4.74 Å². The molecule has 0 fully saturated rings. The molecule has 7 heteroatoms. The van der Waals surface area contributed by atoms with Gasteiger partial charge in [0.1, 0.15) is 18.1 Å². The van der Waals surface area contributed by atoms with E-state index in [1.54, 1.807) is 0 Å². The van der Waals surface area contributed by atoms with Gasteiger partial charge in [0.2, 0.25) is 5.88 Å². The van der Waals surface area contributed by atoms with E-state index in [0.29, 0.717) is 23.4 Å². The van der Waals surface area contributed by atoms with Gasteiger partial charge < -0.3 is 4.74 Å². The molecule has 5 nitrogen and oxygen atoms in total. The highest BCUT2D eigenvalue weighted by atomic mass is 79.9. The van der Waals surface area contributed by atoms with Crippen molar-refractivity contribution < 1.29 is 4.74 Å². The van der Waals surface area contributed by atoms with Crippen molar-refractivity contribution >= 4 is 33.3 Å². The molecule has 0 saturated carbocycles. The van der Waals surface area contributed by atoms with E-state index in [9.17, 15) is 0 Å². The number of fused-ring (bicyclic) bond motifs is 1. The number of halogens is 2. The molecule has 0 amide bonds.